The van der Waals surface area contributed by atoms with E-state index in [9.17, 15) is 0 Å². The number of hydrogen-bond donors (Lipinski definition) is 0. The second kappa shape index (κ2) is 12.0. The molecule has 46 heavy (non-hydrogen) atoms. The standard InChI is InChI=1S/C44H38N2/c1-29-25-30(2)45-44-41(29)23-21-37-22-24-42(46-43(37)44)36-19-17-35(18-20-36)40-27-38(32-11-7-4-8-12-32)26-39(28-40)34-15-13-33(14-16-34)31-9-5-3-6-10-31/h4-5,7-13,15-28,33,41,44H,3,6,14H2,1-2H3. The van der Waals surface area contributed by atoms with Gasteiger partial charge in [0.05, 0.1) is 11.4 Å². The third-order valence-corrected chi connectivity index (χ3v) is 9.81. The number of aliphatic imine (C=N–C) groups is 1. The Morgan fingerprint density at radius 3 is 2.15 bits per heavy atom. The predicted molar refractivity (Wildman–Crippen MR) is 194 cm³/mol. The van der Waals surface area contributed by atoms with Gasteiger partial charge in [0, 0.05) is 23.1 Å². The van der Waals surface area contributed by atoms with Crippen molar-refractivity contribution in [3.8, 4) is 33.5 Å². The van der Waals surface area contributed by atoms with Gasteiger partial charge in [-0.1, -0.05) is 115 Å². The Morgan fingerprint density at radius 2 is 1.41 bits per heavy atom. The fraction of sp³-hybridized carbons (Fsp3) is 0.182. The molecule has 0 fully saturated rings. The molecule has 3 unspecified atom stereocenters. The van der Waals surface area contributed by atoms with Gasteiger partial charge in [-0.3, -0.25) is 4.99 Å². The first-order valence-electron chi connectivity index (χ1n) is 16.6. The molecule has 0 saturated carbocycles. The lowest BCUT2D eigenvalue weighted by atomic mass is 9.81. The predicted octanol–water partition coefficient (Wildman–Crippen LogP) is 11.4. The van der Waals surface area contributed by atoms with Crippen molar-refractivity contribution >= 4 is 17.4 Å². The zero-order valence-electron chi connectivity index (χ0n) is 26.5. The van der Waals surface area contributed by atoms with Gasteiger partial charge >= 0.3 is 0 Å². The van der Waals surface area contributed by atoms with Crippen LogP contribution in [0.3, 0.4) is 0 Å². The smallest absolute Gasteiger partial charge is 0.103 e. The maximum absolute atomic E-state index is 5.20. The number of aromatic nitrogens is 1. The molecule has 0 N–H and O–H groups in total. The molecule has 4 aliphatic rings. The van der Waals surface area contributed by atoms with E-state index >= 15 is 0 Å². The van der Waals surface area contributed by atoms with Crippen LogP contribution in [0.5, 0.6) is 0 Å². The van der Waals surface area contributed by atoms with Crippen LogP contribution in [0, 0.1) is 11.8 Å². The SMILES string of the molecule is CC1=CC(C)=NC2c3nc(-c4ccc(-c5cc(C6=CCC(C7=CCCC=C7)C=C6)cc(-c6ccccc6)c5)cc4)ccc3C=CC12. The molecule has 1 aromatic heterocycles. The van der Waals surface area contributed by atoms with Gasteiger partial charge in [-0.2, -0.15) is 0 Å². The van der Waals surface area contributed by atoms with Crippen molar-refractivity contribution in [1.29, 1.82) is 0 Å². The number of hydrogen-bond acceptors (Lipinski definition) is 2. The summed E-state index contributed by atoms with van der Waals surface area (Å²) in [5.41, 5.74) is 15.7. The minimum absolute atomic E-state index is 0.0534. The van der Waals surface area contributed by atoms with Crippen LogP contribution in [0.1, 0.15) is 56.0 Å². The van der Waals surface area contributed by atoms with Crippen LogP contribution in [-0.2, 0) is 0 Å². The number of pyridine rings is 1. The normalized spacial score (nSPS) is 21.5. The first-order chi connectivity index (χ1) is 22.6. The van der Waals surface area contributed by atoms with Crippen molar-refractivity contribution < 1.29 is 0 Å². The molecule has 224 valence electrons. The molecule has 0 spiro atoms. The van der Waals surface area contributed by atoms with Crippen molar-refractivity contribution in [2.24, 2.45) is 16.8 Å². The van der Waals surface area contributed by atoms with E-state index in [0.29, 0.717) is 5.92 Å². The van der Waals surface area contributed by atoms with Crippen LogP contribution in [0.15, 0.2) is 150 Å². The first kappa shape index (κ1) is 28.4. The van der Waals surface area contributed by atoms with Gasteiger partial charge in [0.2, 0.25) is 0 Å². The fourth-order valence-corrected chi connectivity index (χ4v) is 7.31. The third kappa shape index (κ3) is 5.49. The van der Waals surface area contributed by atoms with Gasteiger partial charge in [0.15, 0.2) is 0 Å². The molecule has 0 saturated heterocycles. The van der Waals surface area contributed by atoms with E-state index in [2.05, 4.69) is 153 Å². The summed E-state index contributed by atoms with van der Waals surface area (Å²) in [5, 5.41) is 0. The Balaban J connectivity index is 1.11. The Morgan fingerprint density at radius 1 is 0.652 bits per heavy atom. The van der Waals surface area contributed by atoms with Gasteiger partial charge in [0.25, 0.3) is 0 Å². The summed E-state index contributed by atoms with van der Waals surface area (Å²) in [4.78, 5) is 10.2. The molecule has 0 bridgehead atoms. The highest BCUT2D eigenvalue weighted by Crippen LogP contribution is 2.41. The molecule has 4 aromatic rings. The number of nitrogens with zero attached hydrogens (tertiary/aromatic N) is 2. The van der Waals surface area contributed by atoms with Crippen LogP contribution >= 0.6 is 0 Å². The molecule has 3 aromatic carbocycles. The highest BCUT2D eigenvalue weighted by molar-refractivity contribution is 5.94. The average molecular weight is 595 g/mol. The van der Waals surface area contributed by atoms with E-state index in [4.69, 9.17) is 9.98 Å². The van der Waals surface area contributed by atoms with Crippen LogP contribution in [-0.4, -0.2) is 10.7 Å². The van der Waals surface area contributed by atoms with Crippen molar-refractivity contribution in [3.63, 3.8) is 0 Å². The Hall–Kier alpha value is -5.08. The van der Waals surface area contributed by atoms with Gasteiger partial charge in [-0.25, -0.2) is 4.98 Å². The number of allylic oxidation sites excluding steroid dienone is 9. The number of benzene rings is 3. The van der Waals surface area contributed by atoms with Crippen LogP contribution < -0.4 is 0 Å². The largest absolute Gasteiger partial charge is 0.279 e. The second-order valence-electron chi connectivity index (χ2n) is 12.9. The Bertz CT molecular complexity index is 2030. The molecule has 3 aliphatic carbocycles. The zero-order valence-corrected chi connectivity index (χ0v) is 26.5. The summed E-state index contributed by atoms with van der Waals surface area (Å²) in [6, 6.07) is 31.0. The fourth-order valence-electron chi connectivity index (χ4n) is 7.31. The van der Waals surface area contributed by atoms with Gasteiger partial charge in [-0.15, -0.1) is 0 Å². The maximum atomic E-state index is 5.20. The molecule has 2 nitrogen and oxygen atoms in total. The van der Waals surface area contributed by atoms with Crippen molar-refractivity contribution in [1.82, 2.24) is 4.98 Å². The van der Waals surface area contributed by atoms with E-state index in [1.807, 2.05) is 0 Å². The monoisotopic (exact) mass is 594 g/mol. The lowest BCUT2D eigenvalue weighted by Crippen LogP contribution is -2.21. The van der Waals surface area contributed by atoms with E-state index < -0.39 is 0 Å². The Kier molecular flexibility index (Phi) is 7.42. The third-order valence-electron chi connectivity index (χ3n) is 9.81. The molecule has 8 rings (SSSR count). The zero-order chi connectivity index (χ0) is 31.0. The summed E-state index contributed by atoms with van der Waals surface area (Å²) >= 11 is 0. The quantitative estimate of drug-likeness (QED) is 0.226. The van der Waals surface area contributed by atoms with Crippen LogP contribution in [0.4, 0.5) is 0 Å². The van der Waals surface area contributed by atoms with Crippen LogP contribution in [0.25, 0.3) is 45.2 Å². The topological polar surface area (TPSA) is 25.2 Å². The molecule has 2 heteroatoms. The van der Waals surface area contributed by atoms with E-state index in [0.717, 1.165) is 41.9 Å². The lowest BCUT2D eigenvalue weighted by Gasteiger charge is -2.30. The summed E-state index contributed by atoms with van der Waals surface area (Å²) in [5.74, 6) is 0.756. The molecule has 3 atom stereocenters. The summed E-state index contributed by atoms with van der Waals surface area (Å²) < 4.78 is 0. The summed E-state index contributed by atoms with van der Waals surface area (Å²) in [6.07, 6.45) is 24.2. The van der Waals surface area contributed by atoms with Gasteiger partial charge in [0.1, 0.15) is 6.04 Å². The van der Waals surface area contributed by atoms with E-state index in [-0.39, 0.29) is 12.0 Å². The second-order valence-corrected chi connectivity index (χ2v) is 12.9. The Labute approximate surface area is 272 Å². The minimum atomic E-state index is 0.0534. The number of rotatable bonds is 5. The molecule has 0 radical (unpaired) electrons. The average Bonchev–Trinajstić information content (AvgIpc) is 3.12. The molecule has 1 aliphatic heterocycles. The van der Waals surface area contributed by atoms with E-state index in [1.165, 1.54) is 50.1 Å². The summed E-state index contributed by atoms with van der Waals surface area (Å²) in [6.45, 7) is 4.29. The van der Waals surface area contributed by atoms with Crippen molar-refractivity contribution in [3.05, 3.63) is 162 Å². The molecule has 2 heterocycles. The van der Waals surface area contributed by atoms with Gasteiger partial charge in [-0.05, 0) is 108 Å². The van der Waals surface area contributed by atoms with E-state index in [1.54, 1.807) is 0 Å². The lowest BCUT2D eigenvalue weighted by molar-refractivity contribution is 0.565. The van der Waals surface area contributed by atoms with Crippen molar-refractivity contribution in [2.45, 2.75) is 39.2 Å². The van der Waals surface area contributed by atoms with Gasteiger partial charge < -0.3 is 0 Å². The minimum Gasteiger partial charge on any atom is -0.279 e. The summed E-state index contributed by atoms with van der Waals surface area (Å²) in [7, 11) is 0. The first-order valence-corrected chi connectivity index (χ1v) is 16.6. The highest BCUT2D eigenvalue weighted by Gasteiger charge is 2.31. The maximum Gasteiger partial charge on any atom is 0.103 e. The number of fused-ring (bicyclic) bond motifs is 3. The van der Waals surface area contributed by atoms with Crippen LogP contribution in [0.2, 0.25) is 0 Å². The highest BCUT2D eigenvalue weighted by atomic mass is 14.9. The molecule has 0 amide bonds. The number of dihydropyridines is 1. The molecular formula is C44H38N2. The van der Waals surface area contributed by atoms with Crippen molar-refractivity contribution in [2.75, 3.05) is 0 Å². The molecular weight excluding hydrogens is 556 g/mol.